The van der Waals surface area contributed by atoms with Crippen LogP contribution in [-0.4, -0.2) is 37.2 Å². The number of unbranched alkanes of at least 4 members (excludes halogenated alkanes) is 5. The van der Waals surface area contributed by atoms with Crippen molar-refractivity contribution in [1.82, 2.24) is 0 Å². The molecule has 0 amide bonds. The maximum atomic E-state index is 12.7. The van der Waals surface area contributed by atoms with Crippen molar-refractivity contribution in [3.05, 3.63) is 182 Å². The van der Waals surface area contributed by atoms with Crippen LogP contribution in [0.4, 0.5) is 0 Å². The number of ether oxygens (including phenoxy) is 3. The molecule has 0 aromatic carbocycles. The van der Waals surface area contributed by atoms with Crippen LogP contribution >= 0.6 is 0 Å². The summed E-state index contributed by atoms with van der Waals surface area (Å²) in [4.78, 5) is 37.8. The van der Waals surface area contributed by atoms with Gasteiger partial charge in [0.25, 0.3) is 0 Å². The lowest BCUT2D eigenvalue weighted by Crippen LogP contribution is -2.30. The highest BCUT2D eigenvalue weighted by molar-refractivity contribution is 5.71. The molecule has 0 saturated carbocycles. The van der Waals surface area contributed by atoms with E-state index in [1.165, 1.54) is 0 Å². The minimum absolute atomic E-state index is 0.151. The van der Waals surface area contributed by atoms with E-state index in [1.54, 1.807) is 0 Å². The third-order valence-electron chi connectivity index (χ3n) is 9.09. The zero-order valence-corrected chi connectivity index (χ0v) is 40.4. The molecule has 6 heteroatoms. The van der Waals surface area contributed by atoms with Gasteiger partial charge in [0, 0.05) is 19.3 Å². The second-order valence-electron chi connectivity index (χ2n) is 15.1. The molecule has 0 heterocycles. The first-order valence-electron chi connectivity index (χ1n) is 24.4. The predicted molar refractivity (Wildman–Crippen MR) is 278 cm³/mol. The maximum absolute atomic E-state index is 12.7. The quantitative estimate of drug-likeness (QED) is 0.0200. The van der Waals surface area contributed by atoms with Crippen molar-refractivity contribution < 1.29 is 28.6 Å². The summed E-state index contributed by atoms with van der Waals surface area (Å²) in [5, 5.41) is 0. The summed E-state index contributed by atoms with van der Waals surface area (Å²) >= 11 is 0. The van der Waals surface area contributed by atoms with Crippen LogP contribution in [0.5, 0.6) is 0 Å². The summed E-state index contributed by atoms with van der Waals surface area (Å²) in [6.07, 6.45) is 77.5. The summed E-state index contributed by atoms with van der Waals surface area (Å²) in [5.41, 5.74) is 0. The van der Waals surface area contributed by atoms with E-state index in [1.807, 2.05) is 85.1 Å². The Bertz CT molecular complexity index is 1630. The molecule has 0 aliphatic carbocycles. The molecule has 6 nitrogen and oxygen atoms in total. The topological polar surface area (TPSA) is 78.9 Å². The molecule has 0 bridgehead atoms. The lowest BCUT2D eigenvalue weighted by molar-refractivity contribution is -0.166. The Morgan fingerprint density at radius 2 is 0.662 bits per heavy atom. The Hall–Kier alpha value is -5.49. The molecule has 1 atom stereocenters. The molecule has 65 heavy (non-hydrogen) atoms. The molecule has 0 spiro atoms. The van der Waals surface area contributed by atoms with Crippen molar-refractivity contribution in [2.45, 2.75) is 155 Å². The Balaban J connectivity index is 4.64. The fourth-order valence-electron chi connectivity index (χ4n) is 5.54. The normalized spacial score (nSPS) is 13.7. The Kier molecular flexibility index (Phi) is 46.8. The van der Waals surface area contributed by atoms with Crippen molar-refractivity contribution in [1.29, 1.82) is 0 Å². The minimum atomic E-state index is -0.860. The van der Waals surface area contributed by atoms with Crippen LogP contribution < -0.4 is 0 Å². The summed E-state index contributed by atoms with van der Waals surface area (Å²) in [5.74, 6) is -1.14. The lowest BCUT2D eigenvalue weighted by atomic mass is 10.1. The van der Waals surface area contributed by atoms with Gasteiger partial charge in [-0.1, -0.05) is 209 Å². The molecule has 0 radical (unpaired) electrons. The average molecular weight is 889 g/mol. The molecular formula is C59H84O6. The molecule has 0 N–H and O–H groups in total. The minimum Gasteiger partial charge on any atom is -0.462 e. The van der Waals surface area contributed by atoms with Gasteiger partial charge in [-0.3, -0.25) is 14.4 Å². The van der Waals surface area contributed by atoms with E-state index in [0.717, 1.165) is 89.9 Å². The van der Waals surface area contributed by atoms with Crippen LogP contribution in [-0.2, 0) is 28.6 Å². The number of hydrogen-bond acceptors (Lipinski definition) is 6. The molecule has 1 unspecified atom stereocenters. The molecule has 0 saturated heterocycles. The molecular weight excluding hydrogens is 805 g/mol. The third-order valence-corrected chi connectivity index (χ3v) is 9.09. The van der Waals surface area contributed by atoms with Crippen LogP contribution in [0.2, 0.25) is 0 Å². The van der Waals surface area contributed by atoms with Gasteiger partial charge in [0.2, 0.25) is 0 Å². The van der Waals surface area contributed by atoms with E-state index in [9.17, 15) is 14.4 Å². The third kappa shape index (κ3) is 49.4. The van der Waals surface area contributed by atoms with Crippen LogP contribution in [0, 0.1) is 0 Å². The zero-order chi connectivity index (χ0) is 47.2. The largest absolute Gasteiger partial charge is 0.462 e. The van der Waals surface area contributed by atoms with Gasteiger partial charge in [-0.15, -0.1) is 0 Å². The van der Waals surface area contributed by atoms with E-state index in [2.05, 4.69) is 118 Å². The zero-order valence-electron chi connectivity index (χ0n) is 40.4. The van der Waals surface area contributed by atoms with E-state index in [4.69, 9.17) is 14.2 Å². The van der Waals surface area contributed by atoms with Crippen molar-refractivity contribution in [3.8, 4) is 0 Å². The highest BCUT2D eigenvalue weighted by atomic mass is 16.6. The van der Waals surface area contributed by atoms with Gasteiger partial charge >= 0.3 is 17.9 Å². The number of hydrogen-bond donors (Lipinski definition) is 0. The van der Waals surface area contributed by atoms with Gasteiger partial charge in [-0.25, -0.2) is 0 Å². The maximum Gasteiger partial charge on any atom is 0.306 e. The van der Waals surface area contributed by atoms with Gasteiger partial charge in [0.05, 0.1) is 0 Å². The Morgan fingerprint density at radius 3 is 1.11 bits per heavy atom. The van der Waals surface area contributed by atoms with E-state index in [-0.39, 0.29) is 44.4 Å². The van der Waals surface area contributed by atoms with Gasteiger partial charge in [0.15, 0.2) is 6.10 Å². The van der Waals surface area contributed by atoms with Crippen molar-refractivity contribution in [2.24, 2.45) is 0 Å². The highest BCUT2D eigenvalue weighted by Crippen LogP contribution is 2.09. The summed E-state index contributed by atoms with van der Waals surface area (Å²) in [6, 6.07) is 0. The highest BCUT2D eigenvalue weighted by Gasteiger charge is 2.19. The van der Waals surface area contributed by atoms with Gasteiger partial charge in [-0.2, -0.15) is 0 Å². The van der Waals surface area contributed by atoms with Crippen LogP contribution in [0.3, 0.4) is 0 Å². The van der Waals surface area contributed by atoms with Crippen molar-refractivity contribution in [2.75, 3.05) is 13.2 Å². The van der Waals surface area contributed by atoms with Gasteiger partial charge in [0.1, 0.15) is 13.2 Å². The summed E-state index contributed by atoms with van der Waals surface area (Å²) in [7, 11) is 0. The van der Waals surface area contributed by atoms with Crippen LogP contribution in [0.1, 0.15) is 149 Å². The molecule has 0 aliphatic heterocycles. The smallest absolute Gasteiger partial charge is 0.306 e. The van der Waals surface area contributed by atoms with E-state index in [0.29, 0.717) is 19.3 Å². The van der Waals surface area contributed by atoms with Crippen LogP contribution in [0.15, 0.2) is 182 Å². The number of carbonyl (C=O) groups excluding carboxylic acids is 3. The standard InChI is InChI=1S/C59H84O6/c1-4-7-10-13-16-19-21-23-25-27-29-31-33-35-37-40-43-46-49-52-58(61)64-55-56(54-63-57(60)51-48-45-42-39-18-15-12-9-6-3)65-59(62)53-50-47-44-41-38-36-34-32-30-28-26-24-22-20-17-14-11-8-5-2/h7-13,16-21,23-27,29-33,35-39,44,47,56H,4-6,14-15,22,28,34,40-43,45-46,48-55H2,1-3H3/b10-7-,11-8-,12-9-,16-13-,20-17-,21-19-,25-23-,26-24-,29-27+,32-30-,33-31-,37-35-,38-36-,39-18-,47-44-. The second-order valence-corrected chi connectivity index (χ2v) is 15.1. The van der Waals surface area contributed by atoms with Crippen LogP contribution in [0.25, 0.3) is 0 Å². The number of esters is 3. The number of carbonyl (C=O) groups is 3. The van der Waals surface area contributed by atoms with Crippen molar-refractivity contribution >= 4 is 17.9 Å². The average Bonchev–Trinajstić information content (AvgIpc) is 3.30. The SMILES string of the molecule is CC\C=C/C=C\C=C/C=C\C=C\C=C/C=C\CCCCCC(=O)OCC(COC(=O)CCCC/C=C\C/C=C\CC)OC(=O)CC/C=C\C/C=C\C/C=C\C/C=C\C/C=C\C/C=C\CC. The molecule has 0 aliphatic rings. The lowest BCUT2D eigenvalue weighted by Gasteiger charge is -2.18. The first-order chi connectivity index (χ1) is 32.0. The number of rotatable bonds is 40. The molecule has 0 fully saturated rings. The molecule has 356 valence electrons. The fraction of sp³-hybridized carbons (Fsp3) is 0.441. The van der Waals surface area contributed by atoms with E-state index < -0.39 is 12.1 Å². The summed E-state index contributed by atoms with van der Waals surface area (Å²) in [6.45, 7) is 6.07. The monoisotopic (exact) mass is 889 g/mol. The number of allylic oxidation sites excluding steroid dienone is 30. The predicted octanol–water partition coefficient (Wildman–Crippen LogP) is 16.2. The Labute approximate surface area is 395 Å². The Morgan fingerprint density at radius 1 is 0.323 bits per heavy atom. The first kappa shape index (κ1) is 59.5. The first-order valence-corrected chi connectivity index (χ1v) is 24.4. The molecule has 0 aromatic rings. The molecule has 0 rings (SSSR count). The van der Waals surface area contributed by atoms with Crippen molar-refractivity contribution in [3.63, 3.8) is 0 Å². The van der Waals surface area contributed by atoms with E-state index >= 15 is 0 Å². The van der Waals surface area contributed by atoms with Gasteiger partial charge < -0.3 is 14.2 Å². The second kappa shape index (κ2) is 51.1. The fourth-order valence-corrected chi connectivity index (χ4v) is 5.54. The van der Waals surface area contributed by atoms with Gasteiger partial charge in [-0.05, 0) is 103 Å². The summed E-state index contributed by atoms with van der Waals surface area (Å²) < 4.78 is 16.6. The molecule has 0 aromatic heterocycles.